The summed E-state index contributed by atoms with van der Waals surface area (Å²) in [6.45, 7) is 12.2. The summed E-state index contributed by atoms with van der Waals surface area (Å²) in [6, 6.07) is 0. The van der Waals surface area contributed by atoms with Crippen LogP contribution in [-0.4, -0.2) is 38.2 Å². The molecule has 0 aliphatic heterocycles. The Bertz CT molecular complexity index is 526. The molecule has 5 nitrogen and oxygen atoms in total. The molecular formula is C39H79NO4. The van der Waals surface area contributed by atoms with E-state index in [1.165, 1.54) is 154 Å². The van der Waals surface area contributed by atoms with Crippen LogP contribution in [-0.2, 0) is 19.1 Å². The number of carbonyl (C=O) groups excluding carboxylic acids is 2. The molecule has 0 aliphatic carbocycles. The molecule has 0 radical (unpaired) electrons. The van der Waals surface area contributed by atoms with E-state index in [4.69, 9.17) is 9.47 Å². The van der Waals surface area contributed by atoms with Gasteiger partial charge in [0.25, 0.3) is 6.47 Å². The number of nitrogens with one attached hydrogen (secondary N) is 1. The van der Waals surface area contributed by atoms with Gasteiger partial charge in [-0.25, -0.2) is 0 Å². The summed E-state index contributed by atoms with van der Waals surface area (Å²) in [4.78, 5) is 22.1. The molecule has 264 valence electrons. The molecule has 0 atom stereocenters. The van der Waals surface area contributed by atoms with Crippen LogP contribution in [0.3, 0.4) is 0 Å². The Balaban J connectivity index is 0. The monoisotopic (exact) mass is 626 g/mol. The average Bonchev–Trinajstić information content (AvgIpc) is 3.03. The molecule has 0 rings (SSSR count). The van der Waals surface area contributed by atoms with E-state index in [0.717, 1.165) is 38.8 Å². The van der Waals surface area contributed by atoms with Crippen molar-refractivity contribution in [3.63, 3.8) is 0 Å². The summed E-state index contributed by atoms with van der Waals surface area (Å²) in [6.07, 6.45) is 36.2. The van der Waals surface area contributed by atoms with E-state index in [-0.39, 0.29) is 12.1 Å². The zero-order valence-corrected chi connectivity index (χ0v) is 30.4. The quantitative estimate of drug-likeness (QED) is 0.0431. The van der Waals surface area contributed by atoms with Gasteiger partial charge in [-0.05, 0) is 58.0 Å². The zero-order chi connectivity index (χ0) is 32.6. The summed E-state index contributed by atoms with van der Waals surface area (Å²) in [7, 11) is 0. The first-order valence-electron chi connectivity index (χ1n) is 19.6. The van der Waals surface area contributed by atoms with Gasteiger partial charge in [0.1, 0.15) is 6.10 Å². The lowest BCUT2D eigenvalue weighted by Gasteiger charge is -2.15. The Hall–Kier alpha value is -1.10. The molecule has 0 saturated carbocycles. The zero-order valence-electron chi connectivity index (χ0n) is 30.4. The van der Waals surface area contributed by atoms with Gasteiger partial charge >= 0.3 is 5.97 Å². The Morgan fingerprint density at radius 1 is 0.523 bits per heavy atom. The van der Waals surface area contributed by atoms with E-state index in [2.05, 4.69) is 33.0 Å². The summed E-state index contributed by atoms with van der Waals surface area (Å²) in [5, 5.41) is 3.42. The number of carbonyl (C=O) groups is 2. The molecule has 0 heterocycles. The van der Waals surface area contributed by atoms with Crippen molar-refractivity contribution >= 4 is 12.4 Å². The molecule has 0 amide bonds. The van der Waals surface area contributed by atoms with E-state index in [0.29, 0.717) is 19.5 Å². The second-order valence-corrected chi connectivity index (χ2v) is 12.9. The van der Waals surface area contributed by atoms with Gasteiger partial charge in [0.05, 0.1) is 6.61 Å². The van der Waals surface area contributed by atoms with Crippen molar-refractivity contribution in [3.8, 4) is 0 Å². The predicted octanol–water partition coefficient (Wildman–Crippen LogP) is 12.0. The maximum Gasteiger partial charge on any atom is 0.305 e. The third-order valence-corrected chi connectivity index (χ3v) is 8.46. The Morgan fingerprint density at radius 2 is 0.909 bits per heavy atom. The summed E-state index contributed by atoms with van der Waals surface area (Å²) in [5.41, 5.74) is 0. The minimum absolute atomic E-state index is 0.0256. The van der Waals surface area contributed by atoms with Crippen molar-refractivity contribution in [2.75, 3.05) is 19.7 Å². The molecule has 0 aliphatic rings. The third kappa shape index (κ3) is 40.9. The highest BCUT2D eigenvalue weighted by molar-refractivity contribution is 5.69. The molecule has 0 saturated heterocycles. The maximum atomic E-state index is 11.6. The Labute approximate surface area is 276 Å². The third-order valence-electron chi connectivity index (χ3n) is 8.46. The molecule has 0 bridgehead atoms. The van der Waals surface area contributed by atoms with E-state index in [1.54, 1.807) is 0 Å². The van der Waals surface area contributed by atoms with Gasteiger partial charge in [0.2, 0.25) is 0 Å². The van der Waals surface area contributed by atoms with Gasteiger partial charge in [-0.2, -0.15) is 0 Å². The Kier molecular flexibility index (Phi) is 42.9. The average molecular weight is 626 g/mol. The van der Waals surface area contributed by atoms with E-state index < -0.39 is 0 Å². The fraction of sp³-hybridized carbons (Fsp3) is 0.949. The van der Waals surface area contributed by atoms with Crippen LogP contribution in [0.15, 0.2) is 0 Å². The van der Waals surface area contributed by atoms with Crippen LogP contribution in [0, 0.1) is 0 Å². The van der Waals surface area contributed by atoms with Gasteiger partial charge in [0, 0.05) is 6.42 Å². The summed E-state index contributed by atoms with van der Waals surface area (Å²) in [5.74, 6) is -0.0256. The minimum Gasteiger partial charge on any atom is -0.466 e. The van der Waals surface area contributed by atoms with Crippen LogP contribution in [0.1, 0.15) is 214 Å². The van der Waals surface area contributed by atoms with Crippen molar-refractivity contribution in [2.45, 2.75) is 220 Å². The normalized spacial score (nSPS) is 10.9. The lowest BCUT2D eigenvalue weighted by Crippen LogP contribution is -2.18. The fourth-order valence-corrected chi connectivity index (χ4v) is 5.49. The summed E-state index contributed by atoms with van der Waals surface area (Å²) < 4.78 is 10.5. The molecule has 0 spiro atoms. The Morgan fingerprint density at radius 3 is 1.36 bits per heavy atom. The van der Waals surface area contributed by atoms with Crippen molar-refractivity contribution in [3.05, 3.63) is 0 Å². The van der Waals surface area contributed by atoms with Gasteiger partial charge in [-0.15, -0.1) is 0 Å². The molecule has 0 aromatic rings. The molecule has 0 aromatic carbocycles. The van der Waals surface area contributed by atoms with E-state index in [9.17, 15) is 9.59 Å². The molecule has 0 unspecified atom stereocenters. The number of unbranched alkanes of at least 4 members (excludes halogenated alkanes) is 21. The van der Waals surface area contributed by atoms with Crippen molar-refractivity contribution in [1.29, 1.82) is 0 Å². The highest BCUT2D eigenvalue weighted by Crippen LogP contribution is 2.16. The van der Waals surface area contributed by atoms with Crippen LogP contribution >= 0.6 is 0 Å². The van der Waals surface area contributed by atoms with Gasteiger partial charge in [0.15, 0.2) is 0 Å². The van der Waals surface area contributed by atoms with Gasteiger partial charge in [-0.3, -0.25) is 9.59 Å². The molecule has 5 heteroatoms. The van der Waals surface area contributed by atoms with Crippen LogP contribution in [0.4, 0.5) is 0 Å². The van der Waals surface area contributed by atoms with E-state index in [1.807, 2.05) is 0 Å². The number of hydrogen-bond donors (Lipinski definition) is 1. The molecular weight excluding hydrogens is 546 g/mol. The lowest BCUT2D eigenvalue weighted by atomic mass is 10.0. The first-order valence-corrected chi connectivity index (χ1v) is 19.6. The highest BCUT2D eigenvalue weighted by atomic mass is 16.5. The molecule has 1 N–H and O–H groups in total. The summed E-state index contributed by atoms with van der Waals surface area (Å²) >= 11 is 0. The maximum absolute atomic E-state index is 11.6. The smallest absolute Gasteiger partial charge is 0.305 e. The SMILES string of the molecule is CCCCCCCCC(CCCCCCCC)OC=O.CCCCCCCCCOC(=O)CCCNCCCCCCCC. The van der Waals surface area contributed by atoms with Crippen molar-refractivity contribution in [1.82, 2.24) is 5.32 Å². The second kappa shape index (κ2) is 41.9. The predicted molar refractivity (Wildman–Crippen MR) is 191 cm³/mol. The molecule has 0 aromatic heterocycles. The fourth-order valence-electron chi connectivity index (χ4n) is 5.49. The first-order chi connectivity index (χ1) is 21.7. The molecule has 0 fully saturated rings. The van der Waals surface area contributed by atoms with Crippen molar-refractivity contribution < 1.29 is 19.1 Å². The largest absolute Gasteiger partial charge is 0.466 e. The van der Waals surface area contributed by atoms with E-state index >= 15 is 0 Å². The minimum atomic E-state index is -0.0256. The standard InChI is InChI=1S/C21H43NO2.C18H36O2/c1-3-5-7-9-11-13-15-20-24-21(23)17-16-19-22-18-14-12-10-8-6-4-2;1-3-5-7-9-11-13-15-18(20-17-19)16-14-12-10-8-6-4-2/h22H,3-20H2,1-2H3;17-18H,3-16H2,1-2H3. The second-order valence-electron chi connectivity index (χ2n) is 12.9. The highest BCUT2D eigenvalue weighted by Gasteiger charge is 2.08. The number of esters is 1. The lowest BCUT2D eigenvalue weighted by molar-refractivity contribution is -0.143. The van der Waals surface area contributed by atoms with Gasteiger partial charge < -0.3 is 14.8 Å². The first kappa shape index (κ1) is 45.0. The van der Waals surface area contributed by atoms with Crippen LogP contribution in [0.2, 0.25) is 0 Å². The van der Waals surface area contributed by atoms with Crippen LogP contribution < -0.4 is 5.32 Å². The number of rotatable bonds is 35. The topological polar surface area (TPSA) is 64.6 Å². The number of hydrogen-bond acceptors (Lipinski definition) is 5. The van der Waals surface area contributed by atoms with Gasteiger partial charge in [-0.1, -0.05) is 163 Å². The van der Waals surface area contributed by atoms with Crippen LogP contribution in [0.25, 0.3) is 0 Å². The number of ether oxygens (including phenoxy) is 2. The van der Waals surface area contributed by atoms with Crippen LogP contribution in [0.5, 0.6) is 0 Å². The molecule has 44 heavy (non-hydrogen) atoms. The van der Waals surface area contributed by atoms with Crippen molar-refractivity contribution in [2.24, 2.45) is 0 Å².